The summed E-state index contributed by atoms with van der Waals surface area (Å²) in [5, 5.41) is 20.5. The quantitative estimate of drug-likeness (QED) is 0.0638. The molecule has 6 aliphatic heterocycles. The molecule has 0 saturated carbocycles. The third kappa shape index (κ3) is 13.7. The van der Waals surface area contributed by atoms with E-state index in [4.69, 9.17) is 43.2 Å². The lowest BCUT2D eigenvalue weighted by molar-refractivity contribution is -0.141. The molecule has 23 heteroatoms. The van der Waals surface area contributed by atoms with Crippen LogP contribution < -0.4 is 24.4 Å². The molecule has 0 radical (unpaired) electrons. The number of aliphatic hydroxyl groups is 1. The molecule has 10 heterocycles. The smallest absolute Gasteiger partial charge is 0.410 e. The number of hydrogen-bond acceptors (Lipinski definition) is 19. The van der Waals surface area contributed by atoms with Crippen LogP contribution in [0, 0.1) is 24.6 Å². The number of nitrogens with zero attached hydrogens (tertiary/aromatic N) is 10. The number of halogens is 1. The minimum atomic E-state index is -0.850. The molecule has 21 nitrogen and oxygen atoms in total. The fraction of sp³-hybridized carbons (Fsp3) is 0.556. The molecule has 2 bridgehead atoms. The summed E-state index contributed by atoms with van der Waals surface area (Å²) >= 11 is 1.59. The molecule has 6 aliphatic rings. The maximum atomic E-state index is 17.9. The molecule has 6 fully saturated rings. The Morgan fingerprint density at radius 1 is 0.916 bits per heavy atom. The van der Waals surface area contributed by atoms with Gasteiger partial charge in [0.15, 0.2) is 18.4 Å². The van der Waals surface area contributed by atoms with E-state index in [0.717, 1.165) is 122 Å². The van der Waals surface area contributed by atoms with Gasteiger partial charge in [-0.3, -0.25) is 24.4 Å². The number of ether oxygens (including phenoxy) is 5. The molecule has 4 aromatic heterocycles. The average Bonchev–Trinajstić information content (AvgIpc) is 0.948. The number of carbonyl (C=O) groups excluding carboxylic acids is 3. The zero-order chi connectivity index (χ0) is 66.4. The topological polar surface area (TPSA) is 223 Å². The number of fused-ring (bicyclic) bond motifs is 5. The van der Waals surface area contributed by atoms with Gasteiger partial charge in [0.1, 0.15) is 46.9 Å². The summed E-state index contributed by atoms with van der Waals surface area (Å²) in [7, 11) is 1.56. The Bertz CT molecular complexity index is 3910. The lowest BCUT2D eigenvalue weighted by atomic mass is 9.91. The first-order valence-electron chi connectivity index (χ1n) is 34.1. The Labute approximate surface area is 559 Å². The molecule has 7 aromatic rings. The number of aromatic nitrogens is 5. The van der Waals surface area contributed by atoms with Gasteiger partial charge in [0, 0.05) is 63.6 Å². The summed E-state index contributed by atoms with van der Waals surface area (Å²) in [6, 6.07) is 18.6. The van der Waals surface area contributed by atoms with Gasteiger partial charge in [-0.25, -0.2) is 14.2 Å². The predicted octanol–water partition coefficient (Wildman–Crippen LogP) is 11.3. The number of aryl methyl sites for hydroxylation is 2. The number of piperidine rings is 1. The highest BCUT2D eigenvalue weighted by Gasteiger charge is 2.51. The van der Waals surface area contributed by atoms with Gasteiger partial charge in [0.2, 0.25) is 11.8 Å². The van der Waals surface area contributed by atoms with Crippen molar-refractivity contribution in [1.29, 1.82) is 0 Å². The molecular weight excluding hydrogens is 1230 g/mol. The summed E-state index contributed by atoms with van der Waals surface area (Å²) in [6.07, 6.45) is 8.89. The molecule has 2 unspecified atom stereocenters. The molecule has 0 spiro atoms. The van der Waals surface area contributed by atoms with Crippen LogP contribution in [-0.2, 0) is 25.5 Å². The van der Waals surface area contributed by atoms with Crippen molar-refractivity contribution in [2.45, 2.75) is 173 Å². The number of carbonyl (C=O) groups is 3. The maximum Gasteiger partial charge on any atom is 0.410 e. The highest BCUT2D eigenvalue weighted by atomic mass is 32.1. The van der Waals surface area contributed by atoms with E-state index in [9.17, 15) is 19.5 Å². The summed E-state index contributed by atoms with van der Waals surface area (Å²) in [4.78, 5) is 73.2. The number of pyridine rings is 1. The Morgan fingerprint density at radius 3 is 2.41 bits per heavy atom. The number of rotatable bonds is 21. The average molecular weight is 1320 g/mol. The minimum absolute atomic E-state index is 0.0247. The number of benzene rings is 3. The van der Waals surface area contributed by atoms with Crippen LogP contribution in [0.4, 0.5) is 15.0 Å². The molecule has 8 atom stereocenters. The highest BCUT2D eigenvalue weighted by molar-refractivity contribution is 7.13. The standard InChI is InChI=1S/C72H90FN11O10S/c1-10-46-13-11-14-49-29-54(92-41-89-9)31-55(61(46)49)63-62(73)64-56(33-74-63)66(81-35-51-19-20-52(36-81)84(51)70(88)93-71(6,7)8)78-69(77-64)91-39-72-24-12-26-83(72)50(21-25-72)34-80-27-22-45(23-28-80)38-90-59-32-58(94-79-59)60(42(2)3)68(87)82-37-53(85)30-57(82)67(86)76-43(4)47-15-17-48(18-16-47)65-44(5)75-40-95-65/h11,13-18,29,31-33,40,42-43,45,50-53,57,60,85H,10,12,19-28,30,34-39,41H2,1-9H3,(H,76,86)/t43-,50-,51?,52?,53+,57-,60-,72-/m0/s1. The second-order valence-corrected chi connectivity index (χ2v) is 29.3. The van der Waals surface area contributed by atoms with E-state index in [0.29, 0.717) is 72.4 Å². The number of nitrogens with one attached hydrogen (secondary N) is 1. The third-order valence-electron chi connectivity index (χ3n) is 20.6. The number of anilines is 1. The number of hydrogen-bond donors (Lipinski definition) is 2. The van der Waals surface area contributed by atoms with Crippen molar-refractivity contribution in [3.8, 4) is 39.3 Å². The van der Waals surface area contributed by atoms with E-state index in [2.05, 4.69) is 43.1 Å². The lowest BCUT2D eigenvalue weighted by Gasteiger charge is -2.42. The first-order valence-corrected chi connectivity index (χ1v) is 34.9. The number of piperazine rings is 1. The van der Waals surface area contributed by atoms with Crippen molar-refractivity contribution < 1.29 is 52.1 Å². The second kappa shape index (κ2) is 27.5. The predicted molar refractivity (Wildman–Crippen MR) is 360 cm³/mol. The number of amides is 3. The van der Waals surface area contributed by atoms with E-state index < -0.39 is 29.5 Å². The summed E-state index contributed by atoms with van der Waals surface area (Å²) < 4.78 is 54.0. The normalized spacial score (nSPS) is 23.2. The molecule has 13 rings (SSSR count). The molecule has 3 aromatic carbocycles. The van der Waals surface area contributed by atoms with E-state index in [1.807, 2.05) is 107 Å². The minimum Gasteiger partial charge on any atom is -0.475 e. The number of β-amino-alcohol motifs (C(OH)–C–C–N with tert-alkyl or cyclic N) is 1. The van der Waals surface area contributed by atoms with Crippen LogP contribution in [-0.4, -0.2) is 182 Å². The van der Waals surface area contributed by atoms with E-state index >= 15 is 4.39 Å². The van der Waals surface area contributed by atoms with Gasteiger partial charge in [0.05, 0.1) is 57.8 Å². The van der Waals surface area contributed by atoms with Gasteiger partial charge in [-0.2, -0.15) is 9.97 Å². The van der Waals surface area contributed by atoms with Crippen molar-refractivity contribution in [3.63, 3.8) is 0 Å². The van der Waals surface area contributed by atoms with Crippen LogP contribution in [0.5, 0.6) is 17.6 Å². The monoisotopic (exact) mass is 1320 g/mol. The lowest BCUT2D eigenvalue weighted by Crippen LogP contribution is -2.57. The van der Waals surface area contributed by atoms with Gasteiger partial charge >= 0.3 is 12.1 Å². The third-order valence-corrected chi connectivity index (χ3v) is 21.6. The fourth-order valence-corrected chi connectivity index (χ4v) is 16.6. The highest BCUT2D eigenvalue weighted by Crippen LogP contribution is 2.45. The van der Waals surface area contributed by atoms with Gasteiger partial charge in [-0.05, 0) is 169 Å². The Hall–Kier alpha value is -7.57. The summed E-state index contributed by atoms with van der Waals surface area (Å²) in [5.41, 5.74) is 5.82. The molecule has 0 aliphatic carbocycles. The molecule has 2 N–H and O–H groups in total. The zero-order valence-electron chi connectivity index (χ0n) is 56.1. The Balaban J connectivity index is 0.651. The SMILES string of the molecule is CCc1cccc2cc(OCOC)cc(-c3ncc4c(N5CC6CCC(C5)N6C(=O)OC(C)(C)C)nc(OC[C@@]56CCCN5[C@H](CN5CCC(COc7cc([C@@H](C(=O)N8C[C@H](O)C[C@H]8C(=O)N[C@@H](C)c8ccc(-c9scnc9C)cc8)C(C)C)on7)CC5)CC6)nc4c3F)c12. The number of aliphatic hydroxyl groups excluding tert-OH is 1. The molecule has 6 saturated heterocycles. The zero-order valence-corrected chi connectivity index (χ0v) is 57.0. The second-order valence-electron chi connectivity index (χ2n) is 28.4. The largest absolute Gasteiger partial charge is 0.475 e. The summed E-state index contributed by atoms with van der Waals surface area (Å²) in [6.45, 7) is 21.1. The molecule has 3 amide bonds. The Morgan fingerprint density at radius 2 is 1.69 bits per heavy atom. The number of likely N-dealkylation sites (tertiary alicyclic amines) is 2. The van der Waals surface area contributed by atoms with Crippen molar-refractivity contribution in [1.82, 2.24) is 50.0 Å². The van der Waals surface area contributed by atoms with Crippen molar-refractivity contribution in [2.75, 3.05) is 77.8 Å². The van der Waals surface area contributed by atoms with Gasteiger partial charge in [-0.1, -0.05) is 63.2 Å². The van der Waals surface area contributed by atoms with Gasteiger partial charge in [-0.15, -0.1) is 11.3 Å². The van der Waals surface area contributed by atoms with Crippen LogP contribution in [0.15, 0.2) is 76.9 Å². The van der Waals surface area contributed by atoms with Crippen LogP contribution in [0.25, 0.3) is 43.4 Å². The molecular formula is C72H90FN11O10S. The van der Waals surface area contributed by atoms with Crippen molar-refractivity contribution in [2.24, 2.45) is 11.8 Å². The Kier molecular flexibility index (Phi) is 19.1. The van der Waals surface area contributed by atoms with Crippen LogP contribution >= 0.6 is 11.3 Å². The first-order chi connectivity index (χ1) is 45.7. The van der Waals surface area contributed by atoms with Gasteiger partial charge in [0.25, 0.3) is 5.88 Å². The number of thiazole rings is 1. The van der Waals surface area contributed by atoms with E-state index in [-0.39, 0.29) is 84.5 Å². The van der Waals surface area contributed by atoms with Crippen LogP contribution in [0.2, 0.25) is 0 Å². The van der Waals surface area contributed by atoms with E-state index in [1.54, 1.807) is 30.7 Å². The molecule has 95 heavy (non-hydrogen) atoms. The molecule has 506 valence electrons. The van der Waals surface area contributed by atoms with Crippen LogP contribution in [0.1, 0.15) is 141 Å². The first kappa shape index (κ1) is 66.1. The van der Waals surface area contributed by atoms with Crippen molar-refractivity contribution >= 4 is 56.7 Å². The van der Waals surface area contributed by atoms with Crippen molar-refractivity contribution in [3.05, 3.63) is 101 Å². The number of methoxy groups -OCH3 is 1. The maximum absolute atomic E-state index is 17.9. The van der Waals surface area contributed by atoms with Crippen LogP contribution in [0.3, 0.4) is 0 Å². The fourth-order valence-electron chi connectivity index (χ4n) is 15.8. The summed E-state index contributed by atoms with van der Waals surface area (Å²) in [5.74, 6) is -0.117. The van der Waals surface area contributed by atoms with Gasteiger partial charge < -0.3 is 53.3 Å². The van der Waals surface area contributed by atoms with E-state index in [1.165, 1.54) is 4.90 Å².